The van der Waals surface area contributed by atoms with Gasteiger partial charge >= 0.3 is 0 Å². The van der Waals surface area contributed by atoms with Crippen LogP contribution in [0.5, 0.6) is 0 Å². The molecule has 1 aromatic rings. The van der Waals surface area contributed by atoms with Crippen molar-refractivity contribution in [3.05, 3.63) is 35.6 Å². The lowest BCUT2D eigenvalue weighted by atomic mass is 10.1. The standard InChI is InChI=1S/C17H22FN3O3/c1-11(2)21-10-12(9-15(21)22)16(23)19-7-8-20-17(24)13-5-3-4-6-14(13)18/h3-6,11-12H,7-10H2,1-2H3,(H,19,23)(H,20,24). The number of rotatable bonds is 6. The molecule has 0 bridgehead atoms. The normalized spacial score (nSPS) is 17.2. The van der Waals surface area contributed by atoms with Gasteiger partial charge in [-0.3, -0.25) is 14.4 Å². The molecule has 0 aromatic heterocycles. The molecule has 1 atom stereocenters. The molecule has 24 heavy (non-hydrogen) atoms. The Kier molecular flexibility index (Phi) is 5.89. The van der Waals surface area contributed by atoms with Crippen LogP contribution in [0.2, 0.25) is 0 Å². The van der Waals surface area contributed by atoms with E-state index in [2.05, 4.69) is 10.6 Å². The van der Waals surface area contributed by atoms with Crippen LogP contribution in [0, 0.1) is 11.7 Å². The minimum Gasteiger partial charge on any atom is -0.354 e. The van der Waals surface area contributed by atoms with E-state index in [0.29, 0.717) is 6.54 Å². The van der Waals surface area contributed by atoms with Crippen LogP contribution in [0.4, 0.5) is 4.39 Å². The molecule has 130 valence electrons. The predicted molar refractivity (Wildman–Crippen MR) is 86.7 cm³/mol. The minimum absolute atomic E-state index is 0.0157. The number of nitrogens with one attached hydrogen (secondary N) is 2. The molecule has 7 heteroatoms. The van der Waals surface area contributed by atoms with Gasteiger partial charge in [-0.15, -0.1) is 0 Å². The second kappa shape index (κ2) is 7.90. The largest absolute Gasteiger partial charge is 0.354 e. The van der Waals surface area contributed by atoms with Crippen molar-refractivity contribution in [2.24, 2.45) is 5.92 Å². The maximum absolute atomic E-state index is 13.5. The Balaban J connectivity index is 1.73. The van der Waals surface area contributed by atoms with Gasteiger partial charge in [-0.2, -0.15) is 0 Å². The zero-order valence-corrected chi connectivity index (χ0v) is 13.8. The summed E-state index contributed by atoms with van der Waals surface area (Å²) >= 11 is 0. The molecule has 0 saturated carbocycles. The highest BCUT2D eigenvalue weighted by atomic mass is 19.1. The lowest BCUT2D eigenvalue weighted by Crippen LogP contribution is -2.39. The molecule has 0 radical (unpaired) electrons. The van der Waals surface area contributed by atoms with Crippen LogP contribution in [-0.4, -0.2) is 48.3 Å². The molecule has 1 aromatic carbocycles. The molecule has 2 rings (SSSR count). The van der Waals surface area contributed by atoms with E-state index in [1.54, 1.807) is 11.0 Å². The van der Waals surface area contributed by atoms with Gasteiger partial charge in [0.15, 0.2) is 0 Å². The van der Waals surface area contributed by atoms with E-state index in [1.807, 2.05) is 13.8 Å². The van der Waals surface area contributed by atoms with Crippen molar-refractivity contribution in [3.63, 3.8) is 0 Å². The Morgan fingerprint density at radius 2 is 1.92 bits per heavy atom. The van der Waals surface area contributed by atoms with Crippen LogP contribution in [0.15, 0.2) is 24.3 Å². The average molecular weight is 335 g/mol. The van der Waals surface area contributed by atoms with Crippen LogP contribution < -0.4 is 10.6 Å². The van der Waals surface area contributed by atoms with Crippen LogP contribution in [0.1, 0.15) is 30.6 Å². The summed E-state index contributed by atoms with van der Waals surface area (Å²) in [7, 11) is 0. The van der Waals surface area contributed by atoms with Gasteiger partial charge in [0, 0.05) is 32.1 Å². The molecule has 1 saturated heterocycles. The molecule has 1 fully saturated rings. The quantitative estimate of drug-likeness (QED) is 0.759. The first-order valence-corrected chi connectivity index (χ1v) is 8.00. The van der Waals surface area contributed by atoms with E-state index < -0.39 is 11.7 Å². The summed E-state index contributed by atoms with van der Waals surface area (Å²) in [5.41, 5.74) is -0.0298. The number of amides is 3. The summed E-state index contributed by atoms with van der Waals surface area (Å²) in [6, 6.07) is 5.78. The van der Waals surface area contributed by atoms with Crippen molar-refractivity contribution >= 4 is 17.7 Å². The fourth-order valence-corrected chi connectivity index (χ4v) is 2.65. The van der Waals surface area contributed by atoms with Gasteiger partial charge in [-0.05, 0) is 26.0 Å². The predicted octanol–water partition coefficient (Wildman–Crippen LogP) is 0.929. The Morgan fingerprint density at radius 1 is 1.25 bits per heavy atom. The van der Waals surface area contributed by atoms with Crippen molar-refractivity contribution < 1.29 is 18.8 Å². The number of benzene rings is 1. The zero-order valence-electron chi connectivity index (χ0n) is 13.8. The van der Waals surface area contributed by atoms with E-state index in [4.69, 9.17) is 0 Å². The average Bonchev–Trinajstić information content (AvgIpc) is 2.94. The van der Waals surface area contributed by atoms with Crippen LogP contribution in [0.3, 0.4) is 0 Å². The zero-order chi connectivity index (χ0) is 17.7. The van der Waals surface area contributed by atoms with Crippen LogP contribution in [-0.2, 0) is 9.59 Å². The molecule has 0 aliphatic carbocycles. The van der Waals surface area contributed by atoms with E-state index in [0.717, 1.165) is 0 Å². The molecule has 0 spiro atoms. The van der Waals surface area contributed by atoms with Crippen LogP contribution in [0.25, 0.3) is 0 Å². The third-order valence-electron chi connectivity index (χ3n) is 3.98. The van der Waals surface area contributed by atoms with Gasteiger partial charge in [0.25, 0.3) is 5.91 Å². The lowest BCUT2D eigenvalue weighted by Gasteiger charge is -2.20. The molecule has 2 N–H and O–H groups in total. The highest BCUT2D eigenvalue weighted by Crippen LogP contribution is 2.19. The molecular formula is C17H22FN3O3. The molecular weight excluding hydrogens is 313 g/mol. The number of nitrogens with zero attached hydrogens (tertiary/aromatic N) is 1. The monoisotopic (exact) mass is 335 g/mol. The van der Waals surface area contributed by atoms with Gasteiger partial charge in [-0.1, -0.05) is 12.1 Å². The fraction of sp³-hybridized carbons (Fsp3) is 0.471. The number of likely N-dealkylation sites (tertiary alicyclic amines) is 1. The maximum atomic E-state index is 13.5. The summed E-state index contributed by atoms with van der Waals surface area (Å²) in [6.45, 7) is 4.66. The SMILES string of the molecule is CC(C)N1CC(C(=O)NCCNC(=O)c2ccccc2F)CC1=O. The Bertz CT molecular complexity index is 633. The third-order valence-corrected chi connectivity index (χ3v) is 3.98. The fourth-order valence-electron chi connectivity index (χ4n) is 2.65. The minimum atomic E-state index is -0.586. The Labute approximate surface area is 140 Å². The Morgan fingerprint density at radius 3 is 2.54 bits per heavy atom. The van der Waals surface area contributed by atoms with Gasteiger partial charge in [0.1, 0.15) is 5.82 Å². The van der Waals surface area contributed by atoms with Crippen molar-refractivity contribution in [2.75, 3.05) is 19.6 Å². The Hall–Kier alpha value is -2.44. The summed E-state index contributed by atoms with van der Waals surface area (Å²) in [6.07, 6.45) is 0.214. The maximum Gasteiger partial charge on any atom is 0.254 e. The van der Waals surface area contributed by atoms with E-state index >= 15 is 0 Å². The van der Waals surface area contributed by atoms with Gasteiger partial charge in [0.05, 0.1) is 11.5 Å². The summed E-state index contributed by atoms with van der Waals surface area (Å²) < 4.78 is 13.5. The smallest absolute Gasteiger partial charge is 0.254 e. The van der Waals surface area contributed by atoms with Gasteiger partial charge < -0.3 is 15.5 Å². The lowest BCUT2D eigenvalue weighted by molar-refractivity contribution is -0.129. The molecule has 6 nitrogen and oxygen atoms in total. The third kappa shape index (κ3) is 4.31. The number of halogens is 1. The highest BCUT2D eigenvalue weighted by molar-refractivity contribution is 5.94. The molecule has 1 heterocycles. The first kappa shape index (κ1) is 17.9. The number of hydrogen-bond acceptors (Lipinski definition) is 3. The van der Waals surface area contributed by atoms with Crippen molar-refractivity contribution in [1.82, 2.24) is 15.5 Å². The van der Waals surface area contributed by atoms with Gasteiger partial charge in [0.2, 0.25) is 11.8 Å². The van der Waals surface area contributed by atoms with Crippen molar-refractivity contribution in [3.8, 4) is 0 Å². The van der Waals surface area contributed by atoms with E-state index in [1.165, 1.54) is 18.2 Å². The van der Waals surface area contributed by atoms with Crippen LogP contribution >= 0.6 is 0 Å². The van der Waals surface area contributed by atoms with Gasteiger partial charge in [-0.25, -0.2) is 4.39 Å². The van der Waals surface area contributed by atoms with E-state index in [9.17, 15) is 18.8 Å². The second-order valence-corrected chi connectivity index (χ2v) is 6.07. The first-order valence-electron chi connectivity index (χ1n) is 8.00. The first-order chi connectivity index (χ1) is 11.4. The summed E-state index contributed by atoms with van der Waals surface area (Å²) in [5, 5.41) is 5.25. The molecule has 1 aliphatic rings. The molecule has 1 aliphatic heterocycles. The van der Waals surface area contributed by atoms with Crippen molar-refractivity contribution in [2.45, 2.75) is 26.3 Å². The summed E-state index contributed by atoms with van der Waals surface area (Å²) in [5.74, 6) is -1.69. The van der Waals surface area contributed by atoms with Crippen molar-refractivity contribution in [1.29, 1.82) is 0 Å². The summed E-state index contributed by atoms with van der Waals surface area (Å²) in [4.78, 5) is 37.4. The molecule has 3 amide bonds. The number of carbonyl (C=O) groups excluding carboxylic acids is 3. The van der Waals surface area contributed by atoms with E-state index in [-0.39, 0.29) is 48.8 Å². The number of hydrogen-bond donors (Lipinski definition) is 2. The number of carbonyl (C=O) groups is 3. The highest BCUT2D eigenvalue weighted by Gasteiger charge is 2.35. The topological polar surface area (TPSA) is 78.5 Å². The second-order valence-electron chi connectivity index (χ2n) is 6.07. The molecule has 1 unspecified atom stereocenters.